The molecule has 2 heterocycles. The van der Waals surface area contributed by atoms with Crippen LogP contribution in [0, 0.1) is 11.6 Å². The van der Waals surface area contributed by atoms with Gasteiger partial charge >= 0.3 is 0 Å². The Morgan fingerprint density at radius 1 is 1.22 bits per heavy atom. The van der Waals surface area contributed by atoms with Crippen LogP contribution in [0.25, 0.3) is 16.6 Å². The van der Waals surface area contributed by atoms with Gasteiger partial charge in [-0.2, -0.15) is 5.10 Å². The van der Waals surface area contributed by atoms with Crippen molar-refractivity contribution in [1.82, 2.24) is 14.6 Å². The first-order valence-electron chi connectivity index (χ1n) is 4.73. The monoisotopic (exact) mass is 377 g/mol. The summed E-state index contributed by atoms with van der Waals surface area (Å²) in [6.07, 6.45) is 0.913. The third kappa shape index (κ3) is 1.45. The van der Waals surface area contributed by atoms with Crippen LogP contribution in [-0.4, -0.2) is 14.6 Å². The fourth-order valence-corrected chi connectivity index (χ4v) is 3.11. The minimum absolute atomic E-state index is 0.0446. The zero-order valence-electron chi connectivity index (χ0n) is 8.47. The normalized spacial score (nSPS) is 11.6. The molecule has 3 rings (SSSR count). The van der Waals surface area contributed by atoms with E-state index in [1.807, 2.05) is 0 Å². The molecule has 0 radical (unpaired) electrons. The summed E-state index contributed by atoms with van der Waals surface area (Å²) in [7, 11) is 0. The van der Waals surface area contributed by atoms with Gasteiger partial charge in [0.25, 0.3) is 5.56 Å². The Morgan fingerprint density at radius 2 is 1.94 bits per heavy atom. The van der Waals surface area contributed by atoms with Crippen LogP contribution in [0.3, 0.4) is 0 Å². The van der Waals surface area contributed by atoms with Gasteiger partial charge < -0.3 is 4.98 Å². The van der Waals surface area contributed by atoms with Gasteiger partial charge in [0.2, 0.25) is 0 Å². The number of rotatable bonds is 0. The number of aromatic amines is 1. The average molecular weight is 379 g/mol. The van der Waals surface area contributed by atoms with E-state index in [1.54, 1.807) is 0 Å². The van der Waals surface area contributed by atoms with E-state index in [2.05, 4.69) is 41.9 Å². The Labute approximate surface area is 115 Å². The number of aromatic nitrogens is 3. The first kappa shape index (κ1) is 11.8. The van der Waals surface area contributed by atoms with Crippen molar-refractivity contribution in [3.8, 4) is 0 Å². The van der Waals surface area contributed by atoms with E-state index in [1.165, 1.54) is 6.07 Å². The maximum Gasteiger partial charge on any atom is 0.277 e. The predicted molar refractivity (Wildman–Crippen MR) is 68.6 cm³/mol. The zero-order valence-corrected chi connectivity index (χ0v) is 11.6. The summed E-state index contributed by atoms with van der Waals surface area (Å²) in [5, 5.41) is 3.75. The third-order valence-corrected chi connectivity index (χ3v) is 3.72. The van der Waals surface area contributed by atoms with Crippen molar-refractivity contribution in [3.05, 3.63) is 43.2 Å². The molecule has 0 bridgehead atoms. The molecule has 3 aromatic rings. The van der Waals surface area contributed by atoms with Crippen LogP contribution in [0.4, 0.5) is 8.78 Å². The van der Waals surface area contributed by atoms with E-state index in [0.29, 0.717) is 4.47 Å². The van der Waals surface area contributed by atoms with E-state index >= 15 is 0 Å². The molecule has 4 nitrogen and oxygen atoms in total. The molecule has 0 spiro atoms. The Morgan fingerprint density at radius 3 is 2.67 bits per heavy atom. The van der Waals surface area contributed by atoms with Gasteiger partial charge in [-0.25, -0.2) is 13.3 Å². The van der Waals surface area contributed by atoms with Crippen LogP contribution < -0.4 is 5.56 Å². The number of benzene rings is 1. The lowest BCUT2D eigenvalue weighted by molar-refractivity contribution is 0.627. The Hall–Kier alpha value is -1.28. The lowest BCUT2D eigenvalue weighted by Crippen LogP contribution is -2.13. The number of fused-ring (bicyclic) bond motifs is 3. The molecule has 0 unspecified atom stereocenters. The molecule has 92 valence electrons. The largest absolute Gasteiger partial charge is 0.316 e. The lowest BCUT2D eigenvalue weighted by Gasteiger charge is -2.06. The van der Waals surface area contributed by atoms with Crippen LogP contribution >= 0.6 is 31.9 Å². The minimum Gasteiger partial charge on any atom is -0.316 e. The molecule has 0 amide bonds. The SMILES string of the molecule is O=c1[nH]c2c(F)c(Br)cc(Br)c2n2ncc(F)c12. The maximum atomic E-state index is 13.9. The molecular formula is C10H3Br2F2N3O. The summed E-state index contributed by atoms with van der Waals surface area (Å²) >= 11 is 6.26. The van der Waals surface area contributed by atoms with Crippen molar-refractivity contribution >= 4 is 48.4 Å². The minimum atomic E-state index is -0.756. The highest BCUT2D eigenvalue weighted by atomic mass is 79.9. The molecule has 0 aliphatic carbocycles. The number of nitrogens with one attached hydrogen (secondary N) is 1. The molecule has 8 heteroatoms. The number of halogens is 4. The molecular weight excluding hydrogens is 376 g/mol. The molecule has 0 fully saturated rings. The number of nitrogens with zero attached hydrogens (tertiary/aromatic N) is 2. The van der Waals surface area contributed by atoms with Crippen LogP contribution in [0.2, 0.25) is 0 Å². The number of hydrogen-bond acceptors (Lipinski definition) is 2. The molecule has 1 N–H and O–H groups in total. The molecule has 18 heavy (non-hydrogen) atoms. The number of H-pyrrole nitrogens is 1. The molecule has 0 saturated carbocycles. The van der Waals surface area contributed by atoms with Crippen LogP contribution in [-0.2, 0) is 0 Å². The van der Waals surface area contributed by atoms with E-state index < -0.39 is 17.2 Å². The van der Waals surface area contributed by atoms with Gasteiger partial charge in [-0.05, 0) is 37.9 Å². The van der Waals surface area contributed by atoms with E-state index in [4.69, 9.17) is 0 Å². The van der Waals surface area contributed by atoms with E-state index in [0.717, 1.165) is 10.7 Å². The first-order valence-corrected chi connectivity index (χ1v) is 6.32. The highest BCUT2D eigenvalue weighted by Gasteiger charge is 2.17. The van der Waals surface area contributed by atoms with Gasteiger partial charge in [-0.15, -0.1) is 0 Å². The highest BCUT2D eigenvalue weighted by molar-refractivity contribution is 9.11. The average Bonchev–Trinajstić information content (AvgIpc) is 2.69. The third-order valence-electron chi connectivity index (χ3n) is 2.54. The van der Waals surface area contributed by atoms with Crippen LogP contribution in [0.1, 0.15) is 0 Å². The fourth-order valence-electron chi connectivity index (χ4n) is 1.78. The fraction of sp³-hybridized carbons (Fsp3) is 0. The van der Waals surface area contributed by atoms with Gasteiger partial charge in [0.15, 0.2) is 17.2 Å². The van der Waals surface area contributed by atoms with Crippen LogP contribution in [0.15, 0.2) is 26.0 Å². The Balaban J connectivity index is 2.72. The summed E-state index contributed by atoms with van der Waals surface area (Å²) in [6.45, 7) is 0. The zero-order chi connectivity index (χ0) is 13.0. The lowest BCUT2D eigenvalue weighted by atomic mass is 10.3. The summed E-state index contributed by atoms with van der Waals surface area (Å²) < 4.78 is 29.1. The molecule has 0 saturated heterocycles. The van der Waals surface area contributed by atoms with E-state index in [9.17, 15) is 13.6 Å². The van der Waals surface area contributed by atoms with Crippen molar-refractivity contribution < 1.29 is 8.78 Å². The quantitative estimate of drug-likeness (QED) is 0.611. The second-order valence-corrected chi connectivity index (χ2v) is 5.29. The standard InChI is InChI=1S/C10H3Br2F2N3O/c11-3-1-4(12)8-7(6(3)14)16-10(18)9-5(13)2-15-17(8)9/h1-2H,(H,16,18). The smallest absolute Gasteiger partial charge is 0.277 e. The van der Waals surface area contributed by atoms with Crippen molar-refractivity contribution in [3.63, 3.8) is 0 Å². The molecule has 2 aromatic heterocycles. The van der Waals surface area contributed by atoms with Crippen LogP contribution in [0.5, 0.6) is 0 Å². The molecule has 0 aliphatic rings. The van der Waals surface area contributed by atoms with Gasteiger partial charge in [-0.1, -0.05) is 0 Å². The van der Waals surface area contributed by atoms with Gasteiger partial charge in [0, 0.05) is 4.47 Å². The predicted octanol–water partition coefficient (Wildman–Crippen LogP) is 2.98. The van der Waals surface area contributed by atoms with Crippen molar-refractivity contribution in [2.24, 2.45) is 0 Å². The summed E-state index contributed by atoms with van der Waals surface area (Å²) in [5.74, 6) is -1.39. The maximum absolute atomic E-state index is 13.9. The summed E-state index contributed by atoms with van der Waals surface area (Å²) in [4.78, 5) is 14.0. The Kier molecular flexibility index (Phi) is 2.53. The van der Waals surface area contributed by atoms with Gasteiger partial charge in [0.05, 0.1) is 10.7 Å². The Bertz CT molecular complexity index is 856. The van der Waals surface area contributed by atoms with Crippen molar-refractivity contribution in [2.45, 2.75) is 0 Å². The highest BCUT2D eigenvalue weighted by Crippen LogP contribution is 2.30. The van der Waals surface area contributed by atoms with E-state index in [-0.39, 0.29) is 21.0 Å². The summed E-state index contributed by atoms with van der Waals surface area (Å²) in [5.41, 5.74) is -0.766. The number of hydrogen-bond donors (Lipinski definition) is 1. The van der Waals surface area contributed by atoms with Gasteiger partial charge in [0.1, 0.15) is 11.0 Å². The molecule has 0 aliphatic heterocycles. The summed E-state index contributed by atoms with van der Waals surface area (Å²) in [6, 6.07) is 1.47. The molecule has 0 atom stereocenters. The second kappa shape index (κ2) is 3.86. The van der Waals surface area contributed by atoms with Gasteiger partial charge in [-0.3, -0.25) is 4.79 Å². The van der Waals surface area contributed by atoms with Crippen molar-refractivity contribution in [2.75, 3.05) is 0 Å². The second-order valence-electron chi connectivity index (χ2n) is 3.58. The van der Waals surface area contributed by atoms with Crippen molar-refractivity contribution in [1.29, 1.82) is 0 Å². The molecule has 1 aromatic carbocycles. The first-order chi connectivity index (χ1) is 8.50. The topological polar surface area (TPSA) is 50.2 Å².